The van der Waals surface area contributed by atoms with E-state index in [-0.39, 0.29) is 30.7 Å². The molecular weight excluding hydrogens is 675 g/mol. The van der Waals surface area contributed by atoms with Crippen LogP contribution in [0.4, 0.5) is 0 Å². The largest absolute Gasteiger partial charge is 0.482 e. The van der Waals surface area contributed by atoms with E-state index in [2.05, 4.69) is 57.5 Å². The second kappa shape index (κ2) is 16.0. The summed E-state index contributed by atoms with van der Waals surface area (Å²) in [4.78, 5) is 13.6. The Hall–Kier alpha value is -2.18. The molecule has 8 heteroatoms. The van der Waals surface area contributed by atoms with Crippen LogP contribution in [0, 0.1) is 35.5 Å². The van der Waals surface area contributed by atoms with Gasteiger partial charge in [0.1, 0.15) is 5.75 Å². The number of rotatable bonds is 12. The van der Waals surface area contributed by atoms with E-state index in [1.807, 2.05) is 66.7 Å². The summed E-state index contributed by atoms with van der Waals surface area (Å²) in [5.74, 6) is 0.719. The molecule has 0 heterocycles. The molecule has 3 aromatic carbocycles. The first kappa shape index (κ1) is 36.1. The quantitative estimate of drug-likeness (QED) is 0.137. The number of fused-ring (bicyclic) bond motifs is 1. The molecule has 0 bridgehead atoms. The number of carbonyl (C=O) groups excluding carboxylic acids is 1. The maximum atomic E-state index is 15.7. The summed E-state index contributed by atoms with van der Waals surface area (Å²) < 4.78 is 42.3. The minimum absolute atomic E-state index is 0.229. The molecule has 2 aliphatic carbocycles. The van der Waals surface area contributed by atoms with E-state index in [1.165, 1.54) is 0 Å². The first-order valence-corrected chi connectivity index (χ1v) is 19.9. The Kier molecular flexibility index (Phi) is 12.3. The van der Waals surface area contributed by atoms with Crippen LogP contribution < -0.4 is 4.74 Å². The molecule has 7 unspecified atom stereocenters. The number of carbonyl (C=O) groups is 1. The lowest BCUT2D eigenvalue weighted by Gasteiger charge is -2.43. The highest BCUT2D eigenvalue weighted by Crippen LogP contribution is 2.66. The Bertz CT molecular complexity index is 1490. The number of hydrogen-bond donors (Lipinski definition) is 0. The Morgan fingerprint density at radius 3 is 1.89 bits per heavy atom. The first-order chi connectivity index (χ1) is 22.4. The fourth-order valence-electron chi connectivity index (χ4n) is 7.49. The third-order valence-corrected chi connectivity index (χ3v) is 12.9. The van der Waals surface area contributed by atoms with E-state index in [0.717, 1.165) is 53.8 Å². The van der Waals surface area contributed by atoms with E-state index in [1.54, 1.807) is 0 Å². The van der Waals surface area contributed by atoms with Crippen molar-refractivity contribution < 1.29 is 27.9 Å². The van der Waals surface area contributed by atoms with E-state index >= 15 is 4.57 Å². The molecular formula is C39H52BrO6P. The van der Waals surface area contributed by atoms with Gasteiger partial charge in [0.15, 0.2) is 6.61 Å². The minimum atomic E-state index is -4.11. The maximum Gasteiger partial charge on any atom is 0.376 e. The highest BCUT2D eigenvalue weighted by molar-refractivity contribution is 9.10. The van der Waals surface area contributed by atoms with Crippen LogP contribution in [0.25, 0.3) is 10.8 Å². The van der Waals surface area contributed by atoms with Crippen LogP contribution in [0.3, 0.4) is 0 Å². The highest BCUT2D eigenvalue weighted by Gasteiger charge is 2.49. The Morgan fingerprint density at radius 2 is 1.34 bits per heavy atom. The predicted octanol–water partition coefficient (Wildman–Crippen LogP) is 11.4. The Morgan fingerprint density at radius 1 is 0.787 bits per heavy atom. The third kappa shape index (κ3) is 9.29. The van der Waals surface area contributed by atoms with Crippen molar-refractivity contribution in [3.05, 3.63) is 76.8 Å². The summed E-state index contributed by atoms with van der Waals surface area (Å²) in [5, 5.41) is 2.10. The van der Waals surface area contributed by atoms with Gasteiger partial charge in [-0.1, -0.05) is 113 Å². The standard InChI is InChI=1S/C39H52BrO6P/c1-25(2)34-19-11-27(5)21-36(34)45-47(42,46-37-22-28(6)12-20-35(37)26(3)4)39(30-13-16-32(40)17-14-30)44-38(41)24-43-33-18-15-29-9-7-8-10-31(29)23-33/h7-10,13-18,23,25-28,34-37,39H,11-12,19-22,24H2,1-6H3. The highest BCUT2D eigenvalue weighted by atomic mass is 79.9. The van der Waals surface area contributed by atoms with Gasteiger partial charge in [-0.05, 0) is 96.2 Å². The van der Waals surface area contributed by atoms with Crippen molar-refractivity contribution in [3.8, 4) is 5.75 Å². The molecule has 2 aliphatic rings. The molecule has 0 spiro atoms. The number of benzene rings is 3. The first-order valence-electron chi connectivity index (χ1n) is 17.4. The fourth-order valence-corrected chi connectivity index (χ4v) is 10.0. The van der Waals surface area contributed by atoms with E-state index in [0.29, 0.717) is 35.0 Å². The van der Waals surface area contributed by atoms with Gasteiger partial charge < -0.3 is 18.5 Å². The van der Waals surface area contributed by atoms with Crippen molar-refractivity contribution in [3.63, 3.8) is 0 Å². The lowest BCUT2D eigenvalue weighted by molar-refractivity contribution is -0.149. The average Bonchev–Trinajstić information content (AvgIpc) is 3.02. The van der Waals surface area contributed by atoms with Crippen LogP contribution in [-0.4, -0.2) is 24.8 Å². The summed E-state index contributed by atoms with van der Waals surface area (Å²) in [7, 11) is -4.11. The monoisotopic (exact) mass is 726 g/mol. The Balaban J connectivity index is 1.48. The molecule has 0 N–H and O–H groups in total. The lowest BCUT2D eigenvalue weighted by Crippen LogP contribution is -2.37. The van der Waals surface area contributed by atoms with Crippen LogP contribution in [0.1, 0.15) is 91.5 Å². The second-order valence-electron chi connectivity index (χ2n) is 14.7. The van der Waals surface area contributed by atoms with Gasteiger partial charge >= 0.3 is 13.6 Å². The van der Waals surface area contributed by atoms with Gasteiger partial charge in [0.25, 0.3) is 0 Å². The van der Waals surface area contributed by atoms with Gasteiger partial charge in [0, 0.05) is 10.0 Å². The predicted molar refractivity (Wildman–Crippen MR) is 192 cm³/mol. The van der Waals surface area contributed by atoms with Gasteiger partial charge in [-0.25, -0.2) is 4.79 Å². The van der Waals surface area contributed by atoms with E-state index < -0.39 is 19.4 Å². The van der Waals surface area contributed by atoms with E-state index in [9.17, 15) is 4.79 Å². The van der Waals surface area contributed by atoms with Crippen molar-refractivity contribution >= 4 is 40.3 Å². The lowest BCUT2D eigenvalue weighted by atomic mass is 9.75. The molecule has 47 heavy (non-hydrogen) atoms. The van der Waals surface area contributed by atoms with Gasteiger partial charge in [0.2, 0.25) is 5.85 Å². The third-order valence-electron chi connectivity index (χ3n) is 10.3. The van der Waals surface area contributed by atoms with Crippen molar-refractivity contribution in [2.45, 2.75) is 98.1 Å². The SMILES string of the molecule is CC1CCC(C(C)C)C(OP(=O)(OC2CC(C)CCC2C(C)C)C(OC(=O)COc2ccc3ccccc3c2)c2ccc(Br)cc2)C1. The van der Waals surface area contributed by atoms with Gasteiger partial charge in [0.05, 0.1) is 12.2 Å². The van der Waals surface area contributed by atoms with Crippen molar-refractivity contribution in [1.82, 2.24) is 0 Å². The summed E-state index contributed by atoms with van der Waals surface area (Å²) in [6, 6.07) is 21.1. The van der Waals surface area contributed by atoms with Crippen LogP contribution in [-0.2, 0) is 23.1 Å². The summed E-state index contributed by atoms with van der Waals surface area (Å²) >= 11 is 3.52. The molecule has 5 rings (SSSR count). The smallest absolute Gasteiger partial charge is 0.376 e. The zero-order valence-corrected chi connectivity index (χ0v) is 31.3. The van der Waals surface area contributed by atoms with Gasteiger partial charge in [-0.2, -0.15) is 0 Å². The topological polar surface area (TPSA) is 71.1 Å². The maximum absolute atomic E-state index is 15.7. The van der Waals surface area contributed by atoms with Crippen LogP contribution in [0.5, 0.6) is 5.75 Å². The molecule has 2 fully saturated rings. The zero-order valence-electron chi connectivity index (χ0n) is 28.8. The average molecular weight is 728 g/mol. The molecule has 6 nitrogen and oxygen atoms in total. The van der Waals surface area contributed by atoms with Crippen molar-refractivity contribution in [1.29, 1.82) is 0 Å². The van der Waals surface area contributed by atoms with Gasteiger partial charge in [-0.15, -0.1) is 0 Å². The number of esters is 1. The summed E-state index contributed by atoms with van der Waals surface area (Å²) in [5.41, 5.74) is 0.575. The molecule has 0 saturated heterocycles. The summed E-state index contributed by atoms with van der Waals surface area (Å²) in [6.07, 6.45) is 5.26. The fraction of sp³-hybridized carbons (Fsp3) is 0.564. The van der Waals surface area contributed by atoms with Crippen molar-refractivity contribution in [2.75, 3.05) is 6.61 Å². The number of hydrogen-bond acceptors (Lipinski definition) is 6. The van der Waals surface area contributed by atoms with Crippen molar-refractivity contribution in [2.24, 2.45) is 35.5 Å². The Labute approximate surface area is 289 Å². The van der Waals surface area contributed by atoms with Crippen LogP contribution in [0.15, 0.2) is 71.2 Å². The normalized spacial score (nSPS) is 27.0. The minimum Gasteiger partial charge on any atom is -0.482 e. The molecule has 7 atom stereocenters. The summed E-state index contributed by atoms with van der Waals surface area (Å²) in [6.45, 7) is 12.9. The number of halogens is 1. The molecule has 0 amide bonds. The molecule has 0 aliphatic heterocycles. The molecule has 0 aromatic heterocycles. The van der Waals surface area contributed by atoms with Gasteiger partial charge in [-0.3, -0.25) is 4.57 Å². The number of ether oxygens (including phenoxy) is 2. The second-order valence-corrected chi connectivity index (χ2v) is 17.6. The molecule has 3 aromatic rings. The zero-order chi connectivity index (χ0) is 33.7. The van der Waals surface area contributed by atoms with Crippen LogP contribution >= 0.6 is 23.5 Å². The van der Waals surface area contributed by atoms with E-state index in [4.69, 9.17) is 18.5 Å². The molecule has 2 saturated carbocycles. The molecule has 256 valence electrons. The van der Waals surface area contributed by atoms with Crippen LogP contribution in [0.2, 0.25) is 0 Å². The molecule has 0 radical (unpaired) electrons.